The Morgan fingerprint density at radius 1 is 1.30 bits per heavy atom. The van der Waals surface area contributed by atoms with E-state index in [1.165, 1.54) is 6.08 Å². The molecular formula is C20H18ClN3O3. The van der Waals surface area contributed by atoms with Crippen molar-refractivity contribution in [3.8, 4) is 11.5 Å². The lowest BCUT2D eigenvalue weighted by atomic mass is 10.2. The van der Waals surface area contributed by atoms with Crippen LogP contribution in [0, 0.1) is 0 Å². The van der Waals surface area contributed by atoms with Crippen LogP contribution in [0.2, 0.25) is 5.15 Å². The number of rotatable bonds is 4. The van der Waals surface area contributed by atoms with Crippen LogP contribution in [-0.4, -0.2) is 46.5 Å². The SMILES string of the molecule is CN(CC1COc2ccccc2O1)C(=O)/C=C/c1c(Cl)nc2ccccn12. The largest absolute Gasteiger partial charge is 0.486 e. The van der Waals surface area contributed by atoms with E-state index < -0.39 is 0 Å². The average molecular weight is 384 g/mol. The third-order valence-electron chi connectivity index (χ3n) is 4.33. The number of likely N-dealkylation sites (N-methyl/N-ethyl adjacent to an activating group) is 1. The molecule has 4 rings (SSSR count). The van der Waals surface area contributed by atoms with Crippen LogP contribution in [0.5, 0.6) is 11.5 Å². The molecule has 0 spiro atoms. The highest BCUT2D eigenvalue weighted by molar-refractivity contribution is 6.31. The molecule has 7 heteroatoms. The number of hydrogen-bond acceptors (Lipinski definition) is 4. The van der Waals surface area contributed by atoms with Gasteiger partial charge in [-0.3, -0.25) is 9.20 Å². The summed E-state index contributed by atoms with van der Waals surface area (Å²) in [5.41, 5.74) is 1.40. The number of carbonyl (C=O) groups is 1. The van der Waals surface area contributed by atoms with Gasteiger partial charge in [-0.05, 0) is 30.3 Å². The average Bonchev–Trinajstić information content (AvgIpc) is 3.01. The molecule has 1 aliphatic rings. The first kappa shape index (κ1) is 17.4. The molecule has 27 heavy (non-hydrogen) atoms. The molecule has 3 aromatic rings. The maximum atomic E-state index is 12.5. The predicted octanol–water partition coefficient (Wildman–Crippen LogP) is 3.30. The second-order valence-electron chi connectivity index (χ2n) is 6.27. The summed E-state index contributed by atoms with van der Waals surface area (Å²) in [5.74, 6) is 1.27. The summed E-state index contributed by atoms with van der Waals surface area (Å²) in [5, 5.41) is 0.355. The van der Waals surface area contributed by atoms with Crippen molar-refractivity contribution in [1.82, 2.24) is 14.3 Å². The number of benzene rings is 1. The predicted molar refractivity (Wildman–Crippen MR) is 103 cm³/mol. The summed E-state index contributed by atoms with van der Waals surface area (Å²) in [6, 6.07) is 13.1. The van der Waals surface area contributed by atoms with E-state index in [9.17, 15) is 4.79 Å². The molecule has 2 aromatic heterocycles. The molecule has 3 heterocycles. The Labute approximate surface area is 161 Å². The fourth-order valence-corrected chi connectivity index (χ4v) is 3.20. The van der Waals surface area contributed by atoms with E-state index in [1.807, 2.05) is 53.1 Å². The first-order valence-corrected chi connectivity index (χ1v) is 8.94. The van der Waals surface area contributed by atoms with Gasteiger partial charge >= 0.3 is 0 Å². The number of fused-ring (bicyclic) bond motifs is 2. The van der Waals surface area contributed by atoms with Crippen LogP contribution in [0.25, 0.3) is 11.7 Å². The van der Waals surface area contributed by atoms with E-state index in [2.05, 4.69) is 4.98 Å². The molecule has 6 nitrogen and oxygen atoms in total. The van der Waals surface area contributed by atoms with Crippen LogP contribution in [-0.2, 0) is 4.79 Å². The van der Waals surface area contributed by atoms with Crippen LogP contribution >= 0.6 is 11.6 Å². The second kappa shape index (κ2) is 7.32. The Morgan fingerprint density at radius 3 is 2.93 bits per heavy atom. The number of carbonyl (C=O) groups excluding carboxylic acids is 1. The van der Waals surface area contributed by atoms with E-state index >= 15 is 0 Å². The maximum Gasteiger partial charge on any atom is 0.246 e. The van der Waals surface area contributed by atoms with Crippen LogP contribution in [0.4, 0.5) is 0 Å². The minimum Gasteiger partial charge on any atom is -0.486 e. The number of para-hydroxylation sites is 2. The number of ether oxygens (including phenoxy) is 2. The van der Waals surface area contributed by atoms with Gasteiger partial charge < -0.3 is 14.4 Å². The van der Waals surface area contributed by atoms with Crippen LogP contribution in [0.1, 0.15) is 5.69 Å². The topological polar surface area (TPSA) is 56.1 Å². The van der Waals surface area contributed by atoms with Gasteiger partial charge in [-0.15, -0.1) is 0 Å². The molecule has 0 saturated carbocycles. The summed E-state index contributed by atoms with van der Waals surface area (Å²) >= 11 is 6.19. The Kier molecular flexibility index (Phi) is 4.73. The molecule has 1 aliphatic heterocycles. The van der Waals surface area contributed by atoms with E-state index in [0.29, 0.717) is 29.7 Å². The zero-order valence-electron chi connectivity index (χ0n) is 14.7. The van der Waals surface area contributed by atoms with Crippen molar-refractivity contribution >= 4 is 29.2 Å². The summed E-state index contributed by atoms with van der Waals surface area (Å²) in [4.78, 5) is 18.3. The fourth-order valence-electron chi connectivity index (χ4n) is 2.96. The van der Waals surface area contributed by atoms with Crippen molar-refractivity contribution in [2.24, 2.45) is 0 Å². The molecule has 138 valence electrons. The molecule has 0 radical (unpaired) electrons. The first-order chi connectivity index (χ1) is 13.1. The zero-order chi connectivity index (χ0) is 18.8. The van der Waals surface area contributed by atoms with Crippen molar-refractivity contribution in [3.05, 3.63) is 65.6 Å². The highest BCUT2D eigenvalue weighted by Crippen LogP contribution is 2.31. The maximum absolute atomic E-state index is 12.5. The number of hydrogen-bond donors (Lipinski definition) is 0. The summed E-state index contributed by atoms with van der Waals surface area (Å²) in [7, 11) is 1.73. The smallest absolute Gasteiger partial charge is 0.246 e. The lowest BCUT2D eigenvalue weighted by Crippen LogP contribution is -2.41. The summed E-state index contributed by atoms with van der Waals surface area (Å²) in [6.07, 6.45) is 4.79. The number of aromatic nitrogens is 2. The molecule has 1 aromatic carbocycles. The molecule has 0 bridgehead atoms. The van der Waals surface area contributed by atoms with Crippen molar-refractivity contribution in [1.29, 1.82) is 0 Å². The van der Waals surface area contributed by atoms with Gasteiger partial charge in [0, 0.05) is 19.3 Å². The normalized spacial score (nSPS) is 16.0. The molecule has 0 N–H and O–H groups in total. The highest BCUT2D eigenvalue weighted by Gasteiger charge is 2.23. The van der Waals surface area contributed by atoms with Crippen molar-refractivity contribution in [2.45, 2.75) is 6.10 Å². The Balaban J connectivity index is 1.42. The quantitative estimate of drug-likeness (QED) is 0.649. The lowest BCUT2D eigenvalue weighted by Gasteiger charge is -2.29. The second-order valence-corrected chi connectivity index (χ2v) is 6.62. The Morgan fingerprint density at radius 2 is 2.07 bits per heavy atom. The van der Waals surface area contributed by atoms with Gasteiger partial charge in [-0.1, -0.05) is 29.8 Å². The first-order valence-electron chi connectivity index (χ1n) is 8.56. The van der Waals surface area contributed by atoms with Crippen LogP contribution < -0.4 is 9.47 Å². The third kappa shape index (κ3) is 3.61. The number of amides is 1. The van der Waals surface area contributed by atoms with Crippen molar-refractivity contribution < 1.29 is 14.3 Å². The summed E-state index contributed by atoms with van der Waals surface area (Å²) < 4.78 is 13.4. The van der Waals surface area contributed by atoms with Gasteiger partial charge in [0.15, 0.2) is 22.8 Å². The lowest BCUT2D eigenvalue weighted by molar-refractivity contribution is -0.126. The molecule has 0 aliphatic carbocycles. The van der Waals surface area contributed by atoms with Gasteiger partial charge in [0.2, 0.25) is 5.91 Å². The van der Waals surface area contributed by atoms with E-state index in [4.69, 9.17) is 21.1 Å². The molecule has 0 fully saturated rings. The van der Waals surface area contributed by atoms with Crippen LogP contribution in [0.15, 0.2) is 54.7 Å². The van der Waals surface area contributed by atoms with Crippen LogP contribution in [0.3, 0.4) is 0 Å². The molecule has 1 unspecified atom stereocenters. The van der Waals surface area contributed by atoms with Gasteiger partial charge in [-0.2, -0.15) is 0 Å². The van der Waals surface area contributed by atoms with Gasteiger partial charge in [0.05, 0.1) is 12.2 Å². The van der Waals surface area contributed by atoms with Crippen molar-refractivity contribution in [3.63, 3.8) is 0 Å². The summed E-state index contributed by atoms with van der Waals surface area (Å²) in [6.45, 7) is 0.815. The molecule has 0 saturated heterocycles. The Hall–Kier alpha value is -2.99. The van der Waals surface area contributed by atoms with Gasteiger partial charge in [0.25, 0.3) is 0 Å². The molecule has 1 atom stereocenters. The third-order valence-corrected chi connectivity index (χ3v) is 4.61. The molecular weight excluding hydrogens is 366 g/mol. The van der Waals surface area contributed by atoms with E-state index in [0.717, 1.165) is 11.4 Å². The minimum absolute atomic E-state index is 0.153. The monoisotopic (exact) mass is 383 g/mol. The van der Waals surface area contributed by atoms with Gasteiger partial charge in [0.1, 0.15) is 12.3 Å². The number of nitrogens with zero attached hydrogens (tertiary/aromatic N) is 3. The zero-order valence-corrected chi connectivity index (χ0v) is 15.5. The van der Waals surface area contributed by atoms with Gasteiger partial charge in [-0.25, -0.2) is 4.98 Å². The highest BCUT2D eigenvalue weighted by atomic mass is 35.5. The van der Waals surface area contributed by atoms with E-state index in [1.54, 1.807) is 18.0 Å². The minimum atomic E-state index is -0.221. The Bertz CT molecular complexity index is 1010. The molecule has 1 amide bonds. The fraction of sp³-hybridized carbons (Fsp3) is 0.200. The standard InChI is InChI=1S/C20H18ClN3O3/c1-23(12-14-13-26-16-6-2-3-7-17(16)27-14)19(25)10-9-15-20(21)22-18-8-4-5-11-24(15)18/h2-11,14H,12-13H2,1H3/b10-9+. The van der Waals surface area contributed by atoms with Crippen molar-refractivity contribution in [2.75, 3.05) is 20.2 Å². The number of pyridine rings is 1. The number of halogens is 1. The number of imidazole rings is 1. The van der Waals surface area contributed by atoms with E-state index in [-0.39, 0.29) is 12.0 Å².